The molecular formula is C5H4O4. The third-order valence-electron chi connectivity index (χ3n) is 0.421. The minimum absolute atomic E-state index is 0.501. The molecule has 0 aliphatic rings. The van der Waals surface area contributed by atoms with Crippen molar-refractivity contribution in [2.24, 2.45) is 0 Å². The van der Waals surface area contributed by atoms with Crippen LogP contribution < -0.4 is 0 Å². The van der Waals surface area contributed by atoms with Crippen LogP contribution in [0.2, 0.25) is 0 Å². The molecular weight excluding hydrogens is 124 g/mol. The number of ether oxygens (including phenoxy) is 1. The van der Waals surface area contributed by atoms with Crippen LogP contribution in [-0.2, 0) is 19.1 Å². The molecule has 4 nitrogen and oxygen atoms in total. The fourth-order valence-corrected chi connectivity index (χ4v) is 0.219. The van der Waals surface area contributed by atoms with Gasteiger partial charge in [0.2, 0.25) is 0 Å². The molecule has 0 bridgehead atoms. The number of rotatable bonds is 1. The van der Waals surface area contributed by atoms with Crippen LogP contribution in [0, 0.1) is 0 Å². The molecule has 48 valence electrons. The normalized spacial score (nSPS) is 7.22. The Morgan fingerprint density at radius 3 is 2.44 bits per heavy atom. The zero-order valence-electron chi connectivity index (χ0n) is 4.71. The molecule has 0 saturated carbocycles. The van der Waals surface area contributed by atoms with Crippen LogP contribution in [0.1, 0.15) is 6.92 Å². The largest absolute Gasteiger partial charge is 0.390 e. The number of hydrogen-bond acceptors (Lipinski definition) is 4. The van der Waals surface area contributed by atoms with Gasteiger partial charge in [-0.3, -0.25) is 4.79 Å². The van der Waals surface area contributed by atoms with E-state index in [4.69, 9.17) is 0 Å². The molecule has 9 heavy (non-hydrogen) atoms. The van der Waals surface area contributed by atoms with Gasteiger partial charge in [0.15, 0.2) is 0 Å². The Bertz CT molecular complexity index is 175. The molecule has 0 saturated heterocycles. The van der Waals surface area contributed by atoms with Crippen LogP contribution in [0.25, 0.3) is 0 Å². The van der Waals surface area contributed by atoms with Crippen molar-refractivity contribution >= 4 is 17.9 Å². The molecule has 0 fully saturated rings. The SMILES string of the molecule is CC(=O)OC(=O)C=C=O. The van der Waals surface area contributed by atoms with Crippen molar-refractivity contribution in [1.82, 2.24) is 0 Å². The lowest BCUT2D eigenvalue weighted by Crippen LogP contribution is -2.05. The Hall–Kier alpha value is -1.41. The molecule has 0 aliphatic carbocycles. The summed E-state index contributed by atoms with van der Waals surface area (Å²) in [7, 11) is 0. The molecule has 0 heterocycles. The third-order valence-corrected chi connectivity index (χ3v) is 0.421. The number of hydrogen-bond donors (Lipinski definition) is 0. The Morgan fingerprint density at radius 2 is 2.11 bits per heavy atom. The highest BCUT2D eigenvalue weighted by Gasteiger charge is 1.99. The summed E-state index contributed by atoms with van der Waals surface area (Å²) < 4.78 is 3.89. The quantitative estimate of drug-likeness (QED) is 0.206. The van der Waals surface area contributed by atoms with Crippen molar-refractivity contribution in [1.29, 1.82) is 0 Å². The van der Waals surface area contributed by atoms with Crippen LogP contribution in [0.15, 0.2) is 6.08 Å². The van der Waals surface area contributed by atoms with Crippen molar-refractivity contribution in [2.45, 2.75) is 6.92 Å². The lowest BCUT2D eigenvalue weighted by Gasteiger charge is -1.88. The van der Waals surface area contributed by atoms with E-state index in [0.29, 0.717) is 6.08 Å². The van der Waals surface area contributed by atoms with Crippen LogP contribution in [0.4, 0.5) is 0 Å². The molecule has 0 atom stereocenters. The van der Waals surface area contributed by atoms with Gasteiger partial charge < -0.3 is 4.74 Å². The second kappa shape index (κ2) is 3.57. The fraction of sp³-hybridized carbons (Fsp3) is 0.200. The smallest absolute Gasteiger partial charge is 0.349 e. The standard InChI is InChI=1S/C5H4O4/c1-4(7)9-5(8)2-3-6/h2H,1H3. The topological polar surface area (TPSA) is 60.4 Å². The first-order valence-electron chi connectivity index (χ1n) is 2.10. The lowest BCUT2D eigenvalue weighted by molar-refractivity contribution is -0.154. The minimum Gasteiger partial charge on any atom is -0.390 e. The molecule has 4 heteroatoms. The maximum atomic E-state index is 10.1. The summed E-state index contributed by atoms with van der Waals surface area (Å²) in [4.78, 5) is 29.4. The molecule has 0 amide bonds. The van der Waals surface area contributed by atoms with E-state index in [0.717, 1.165) is 6.92 Å². The van der Waals surface area contributed by atoms with Crippen LogP contribution in [0.5, 0.6) is 0 Å². The zero-order valence-corrected chi connectivity index (χ0v) is 4.71. The van der Waals surface area contributed by atoms with E-state index in [1.54, 1.807) is 0 Å². The van der Waals surface area contributed by atoms with Crippen molar-refractivity contribution in [2.75, 3.05) is 0 Å². The van der Waals surface area contributed by atoms with E-state index in [1.807, 2.05) is 0 Å². The van der Waals surface area contributed by atoms with E-state index in [2.05, 4.69) is 4.74 Å². The zero-order chi connectivity index (χ0) is 7.28. The first-order valence-corrected chi connectivity index (χ1v) is 2.10. The molecule has 0 N–H and O–H groups in total. The summed E-state index contributed by atoms with van der Waals surface area (Å²) >= 11 is 0. The van der Waals surface area contributed by atoms with Crippen LogP contribution in [0.3, 0.4) is 0 Å². The van der Waals surface area contributed by atoms with Gasteiger partial charge in [-0.25, -0.2) is 9.59 Å². The highest BCUT2D eigenvalue weighted by molar-refractivity contribution is 5.96. The molecule has 0 spiro atoms. The number of esters is 2. The summed E-state index contributed by atoms with van der Waals surface area (Å²) in [5, 5.41) is 0. The van der Waals surface area contributed by atoms with Gasteiger partial charge in [0.05, 0.1) is 0 Å². The molecule has 0 aliphatic heterocycles. The van der Waals surface area contributed by atoms with E-state index >= 15 is 0 Å². The highest BCUT2D eigenvalue weighted by atomic mass is 16.6. The van der Waals surface area contributed by atoms with Gasteiger partial charge in [-0.1, -0.05) is 0 Å². The predicted molar refractivity (Wildman–Crippen MR) is 27.0 cm³/mol. The maximum Gasteiger partial charge on any atom is 0.349 e. The van der Waals surface area contributed by atoms with Crippen molar-refractivity contribution in [3.8, 4) is 0 Å². The monoisotopic (exact) mass is 128 g/mol. The van der Waals surface area contributed by atoms with E-state index < -0.39 is 11.9 Å². The minimum atomic E-state index is -0.988. The first kappa shape index (κ1) is 7.59. The second-order valence-corrected chi connectivity index (χ2v) is 1.17. The van der Waals surface area contributed by atoms with Gasteiger partial charge in [-0.15, -0.1) is 0 Å². The maximum absolute atomic E-state index is 10.1. The Labute approximate surface area is 51.1 Å². The summed E-state index contributed by atoms with van der Waals surface area (Å²) in [5.41, 5.74) is 0. The van der Waals surface area contributed by atoms with Gasteiger partial charge >= 0.3 is 11.9 Å². The van der Waals surface area contributed by atoms with Gasteiger partial charge in [0.1, 0.15) is 12.0 Å². The first-order chi connectivity index (χ1) is 4.16. The van der Waals surface area contributed by atoms with Gasteiger partial charge in [-0.2, -0.15) is 0 Å². The van der Waals surface area contributed by atoms with Gasteiger partial charge in [0.25, 0.3) is 0 Å². The Morgan fingerprint density at radius 1 is 1.56 bits per heavy atom. The Kier molecular flexibility index (Phi) is 3.01. The Balaban J connectivity index is 3.78. The van der Waals surface area contributed by atoms with E-state index in [-0.39, 0.29) is 0 Å². The molecule has 0 aromatic carbocycles. The fourth-order valence-electron chi connectivity index (χ4n) is 0.219. The van der Waals surface area contributed by atoms with Gasteiger partial charge in [-0.05, 0) is 0 Å². The summed E-state index contributed by atoms with van der Waals surface area (Å²) in [6, 6.07) is 0. The van der Waals surface area contributed by atoms with Crippen LogP contribution >= 0.6 is 0 Å². The highest BCUT2D eigenvalue weighted by Crippen LogP contribution is 1.77. The summed E-state index contributed by atoms with van der Waals surface area (Å²) in [5.74, 6) is -0.561. The average molecular weight is 128 g/mol. The summed E-state index contributed by atoms with van der Waals surface area (Å²) in [6.07, 6.45) is 0.501. The number of carbonyl (C=O) groups is 2. The van der Waals surface area contributed by atoms with E-state index in [9.17, 15) is 14.4 Å². The number of carbonyl (C=O) groups excluding carboxylic acids is 3. The molecule has 0 aromatic heterocycles. The molecule has 0 radical (unpaired) electrons. The summed E-state index contributed by atoms with van der Waals surface area (Å²) in [6.45, 7) is 1.07. The third kappa shape index (κ3) is 4.44. The predicted octanol–water partition coefficient (Wildman–Crippen LogP) is -0.536. The molecule has 0 unspecified atom stereocenters. The van der Waals surface area contributed by atoms with Gasteiger partial charge in [0, 0.05) is 6.92 Å². The van der Waals surface area contributed by atoms with Crippen molar-refractivity contribution in [3.63, 3.8) is 0 Å². The average Bonchev–Trinajstić information content (AvgIpc) is 1.63. The lowest BCUT2D eigenvalue weighted by atomic mass is 10.6. The van der Waals surface area contributed by atoms with Crippen molar-refractivity contribution < 1.29 is 19.1 Å². The second-order valence-electron chi connectivity index (χ2n) is 1.17. The van der Waals surface area contributed by atoms with Crippen LogP contribution in [-0.4, -0.2) is 17.9 Å². The molecule has 0 aromatic rings. The van der Waals surface area contributed by atoms with Crippen molar-refractivity contribution in [3.05, 3.63) is 6.08 Å². The van der Waals surface area contributed by atoms with E-state index in [1.165, 1.54) is 5.94 Å². The molecule has 0 rings (SSSR count).